The highest BCUT2D eigenvalue weighted by Gasteiger charge is 2.19. The molecule has 0 fully saturated rings. The fourth-order valence-corrected chi connectivity index (χ4v) is 4.46. The summed E-state index contributed by atoms with van der Waals surface area (Å²) in [6, 6.07) is 26.4. The van der Waals surface area contributed by atoms with Crippen molar-refractivity contribution in [3.63, 3.8) is 0 Å². The summed E-state index contributed by atoms with van der Waals surface area (Å²) in [6.45, 7) is 0. The SMILES string of the molecule is O=S(=O)(c1ccccc1)n1ccc2c(Cc3ccccc3)cccc21. The molecule has 0 unspecified atom stereocenters. The van der Waals surface area contributed by atoms with Crippen molar-refractivity contribution in [2.45, 2.75) is 11.3 Å². The summed E-state index contributed by atoms with van der Waals surface area (Å²) in [7, 11) is -3.60. The molecule has 4 heteroatoms. The molecular formula is C21H17NO2S. The Hall–Kier alpha value is -2.85. The quantitative estimate of drug-likeness (QED) is 0.546. The number of rotatable bonds is 4. The van der Waals surface area contributed by atoms with Crippen LogP contribution in [0.25, 0.3) is 10.9 Å². The molecule has 0 aliphatic carbocycles. The lowest BCUT2D eigenvalue weighted by Gasteiger charge is -2.09. The van der Waals surface area contributed by atoms with Crippen molar-refractivity contribution in [2.75, 3.05) is 0 Å². The van der Waals surface area contributed by atoms with Gasteiger partial charge in [0.1, 0.15) is 0 Å². The Morgan fingerprint density at radius 3 is 2.12 bits per heavy atom. The first-order valence-electron chi connectivity index (χ1n) is 8.10. The average molecular weight is 347 g/mol. The molecule has 0 amide bonds. The molecule has 0 radical (unpaired) electrons. The minimum Gasteiger partial charge on any atom is -0.241 e. The second-order valence-corrected chi connectivity index (χ2v) is 7.76. The van der Waals surface area contributed by atoms with Gasteiger partial charge in [-0.05, 0) is 41.8 Å². The van der Waals surface area contributed by atoms with E-state index in [1.807, 2.05) is 42.5 Å². The Morgan fingerprint density at radius 2 is 1.40 bits per heavy atom. The van der Waals surface area contributed by atoms with E-state index < -0.39 is 10.0 Å². The van der Waals surface area contributed by atoms with Crippen molar-refractivity contribution in [1.82, 2.24) is 3.97 Å². The van der Waals surface area contributed by atoms with E-state index >= 15 is 0 Å². The fraction of sp³-hybridized carbons (Fsp3) is 0.0476. The third-order valence-electron chi connectivity index (χ3n) is 4.32. The van der Waals surface area contributed by atoms with Gasteiger partial charge in [0.15, 0.2) is 0 Å². The van der Waals surface area contributed by atoms with Gasteiger partial charge in [-0.2, -0.15) is 0 Å². The van der Waals surface area contributed by atoms with Crippen molar-refractivity contribution >= 4 is 20.9 Å². The molecule has 124 valence electrons. The number of hydrogen-bond donors (Lipinski definition) is 0. The van der Waals surface area contributed by atoms with Crippen LogP contribution in [-0.4, -0.2) is 12.4 Å². The van der Waals surface area contributed by atoms with Gasteiger partial charge in [-0.15, -0.1) is 0 Å². The monoisotopic (exact) mass is 347 g/mol. The predicted molar refractivity (Wildman–Crippen MR) is 100 cm³/mol. The van der Waals surface area contributed by atoms with Gasteiger partial charge in [-0.1, -0.05) is 60.7 Å². The van der Waals surface area contributed by atoms with Crippen molar-refractivity contribution in [2.24, 2.45) is 0 Å². The molecule has 0 N–H and O–H groups in total. The summed E-state index contributed by atoms with van der Waals surface area (Å²) >= 11 is 0. The highest BCUT2D eigenvalue weighted by molar-refractivity contribution is 7.90. The van der Waals surface area contributed by atoms with Crippen molar-refractivity contribution < 1.29 is 8.42 Å². The number of hydrogen-bond acceptors (Lipinski definition) is 2. The Morgan fingerprint density at radius 1 is 0.720 bits per heavy atom. The lowest BCUT2D eigenvalue weighted by molar-refractivity contribution is 0.589. The van der Waals surface area contributed by atoms with Gasteiger partial charge in [-0.25, -0.2) is 12.4 Å². The second kappa shape index (κ2) is 6.22. The zero-order valence-electron chi connectivity index (χ0n) is 13.5. The van der Waals surface area contributed by atoms with Crippen LogP contribution >= 0.6 is 0 Å². The summed E-state index contributed by atoms with van der Waals surface area (Å²) < 4.78 is 27.3. The molecule has 0 spiro atoms. The van der Waals surface area contributed by atoms with Gasteiger partial charge in [0.2, 0.25) is 0 Å². The summed E-state index contributed by atoms with van der Waals surface area (Å²) in [5.41, 5.74) is 3.02. The lowest BCUT2D eigenvalue weighted by Crippen LogP contribution is -2.11. The van der Waals surface area contributed by atoms with Crippen molar-refractivity contribution in [1.29, 1.82) is 0 Å². The second-order valence-electron chi connectivity index (χ2n) is 5.94. The third-order valence-corrected chi connectivity index (χ3v) is 6.03. The standard InChI is InChI=1S/C21H17NO2S/c23-25(24,19-11-5-2-6-12-19)22-15-14-20-18(10-7-13-21(20)22)16-17-8-3-1-4-9-17/h1-15H,16H2. The average Bonchev–Trinajstić information content (AvgIpc) is 3.09. The molecule has 0 aliphatic rings. The van der Waals surface area contributed by atoms with E-state index in [1.54, 1.807) is 30.5 Å². The van der Waals surface area contributed by atoms with Crippen LogP contribution in [0.4, 0.5) is 0 Å². The largest absolute Gasteiger partial charge is 0.268 e. The maximum absolute atomic E-state index is 12.9. The molecule has 25 heavy (non-hydrogen) atoms. The lowest BCUT2D eigenvalue weighted by atomic mass is 10.0. The van der Waals surface area contributed by atoms with E-state index in [-0.39, 0.29) is 0 Å². The molecule has 1 aromatic heterocycles. The van der Waals surface area contributed by atoms with Crippen LogP contribution in [0.3, 0.4) is 0 Å². The Labute approximate surface area is 147 Å². The minimum atomic E-state index is -3.60. The Bertz CT molecular complexity index is 1110. The molecule has 1 heterocycles. The summed E-state index contributed by atoms with van der Waals surface area (Å²) in [6.07, 6.45) is 2.41. The maximum atomic E-state index is 12.9. The van der Waals surface area contributed by atoms with Gasteiger partial charge in [0.05, 0.1) is 10.4 Å². The molecule has 4 rings (SSSR count). The smallest absolute Gasteiger partial charge is 0.241 e. The van der Waals surface area contributed by atoms with Crippen LogP contribution in [0.1, 0.15) is 11.1 Å². The number of aromatic nitrogens is 1. The van der Waals surface area contributed by atoms with E-state index in [9.17, 15) is 8.42 Å². The Kier molecular flexibility index (Phi) is 3.90. The molecule has 4 aromatic rings. The van der Waals surface area contributed by atoms with Gasteiger partial charge in [-0.3, -0.25) is 0 Å². The topological polar surface area (TPSA) is 39.1 Å². The first-order valence-corrected chi connectivity index (χ1v) is 9.54. The maximum Gasteiger partial charge on any atom is 0.268 e. The van der Waals surface area contributed by atoms with Crippen LogP contribution < -0.4 is 0 Å². The van der Waals surface area contributed by atoms with Crippen LogP contribution in [0.15, 0.2) is 96.0 Å². The van der Waals surface area contributed by atoms with Gasteiger partial charge in [0, 0.05) is 11.6 Å². The fourth-order valence-electron chi connectivity index (χ4n) is 3.09. The summed E-state index contributed by atoms with van der Waals surface area (Å²) in [5.74, 6) is 0. The zero-order valence-corrected chi connectivity index (χ0v) is 14.4. The van der Waals surface area contributed by atoms with E-state index in [0.29, 0.717) is 10.4 Å². The first kappa shape index (κ1) is 15.7. The molecule has 3 nitrogen and oxygen atoms in total. The molecule has 0 atom stereocenters. The molecule has 0 bridgehead atoms. The highest BCUT2D eigenvalue weighted by Crippen LogP contribution is 2.26. The Balaban J connectivity index is 1.82. The van der Waals surface area contributed by atoms with E-state index in [0.717, 1.165) is 17.4 Å². The van der Waals surface area contributed by atoms with Crippen LogP contribution in [0.5, 0.6) is 0 Å². The predicted octanol–water partition coefficient (Wildman–Crippen LogP) is 4.47. The molecule has 0 saturated heterocycles. The minimum absolute atomic E-state index is 0.293. The van der Waals surface area contributed by atoms with Crippen LogP contribution in [-0.2, 0) is 16.4 Å². The summed E-state index contributed by atoms with van der Waals surface area (Å²) in [5, 5.41) is 0.964. The van der Waals surface area contributed by atoms with E-state index in [4.69, 9.17) is 0 Å². The molecular weight excluding hydrogens is 330 g/mol. The molecule has 0 aliphatic heterocycles. The van der Waals surface area contributed by atoms with Crippen LogP contribution in [0.2, 0.25) is 0 Å². The normalized spacial score (nSPS) is 11.7. The van der Waals surface area contributed by atoms with Crippen molar-refractivity contribution in [3.05, 3.63) is 102 Å². The van der Waals surface area contributed by atoms with Crippen molar-refractivity contribution in [3.8, 4) is 0 Å². The molecule has 3 aromatic carbocycles. The number of nitrogens with zero attached hydrogens (tertiary/aromatic N) is 1. The van der Waals surface area contributed by atoms with Gasteiger partial charge in [0.25, 0.3) is 10.0 Å². The molecule has 0 saturated carbocycles. The van der Waals surface area contributed by atoms with E-state index in [1.165, 1.54) is 9.54 Å². The van der Waals surface area contributed by atoms with E-state index in [2.05, 4.69) is 18.2 Å². The third kappa shape index (κ3) is 2.85. The zero-order chi connectivity index (χ0) is 17.3. The highest BCUT2D eigenvalue weighted by atomic mass is 32.2. The van der Waals surface area contributed by atoms with Gasteiger partial charge >= 0.3 is 0 Å². The van der Waals surface area contributed by atoms with Gasteiger partial charge < -0.3 is 0 Å². The summed E-state index contributed by atoms with van der Waals surface area (Å²) in [4.78, 5) is 0.293. The van der Waals surface area contributed by atoms with Crippen LogP contribution in [0, 0.1) is 0 Å². The first-order chi connectivity index (χ1) is 12.2. The number of benzene rings is 3. The number of fused-ring (bicyclic) bond motifs is 1.